The van der Waals surface area contributed by atoms with E-state index in [0.29, 0.717) is 18.0 Å². The number of hydrogen-bond donors (Lipinski definition) is 1. The first-order valence-electron chi connectivity index (χ1n) is 7.48. The number of methoxy groups -OCH3 is 1. The summed E-state index contributed by atoms with van der Waals surface area (Å²) in [4.78, 5) is 20.6. The summed E-state index contributed by atoms with van der Waals surface area (Å²) < 4.78 is 19.8. The number of rotatable bonds is 3. The number of hydrogen-bond acceptors (Lipinski definition) is 4. The zero-order valence-electron chi connectivity index (χ0n) is 13.7. The average Bonchev–Trinajstić information content (AvgIpc) is 3.01. The van der Waals surface area contributed by atoms with Crippen LogP contribution in [0.2, 0.25) is 0 Å². The highest BCUT2D eigenvalue weighted by Crippen LogP contribution is 2.14. The van der Waals surface area contributed by atoms with Crippen LogP contribution in [0.1, 0.15) is 21.7 Å². The number of carbonyl (C=O) groups is 1. The van der Waals surface area contributed by atoms with Crippen LogP contribution in [0.4, 0.5) is 10.1 Å². The number of fused-ring (bicyclic) bond motifs is 1. The second-order valence-electron chi connectivity index (χ2n) is 5.27. The van der Waals surface area contributed by atoms with Crippen LogP contribution in [0.15, 0.2) is 36.7 Å². The SMILES string of the molecule is COCC#Cc1ccc(NC(=O)c2ncn3c(F)cc(C)nc23)cc1. The van der Waals surface area contributed by atoms with Gasteiger partial charge in [0.1, 0.15) is 12.9 Å². The Hall–Kier alpha value is -3.24. The van der Waals surface area contributed by atoms with Gasteiger partial charge in [0, 0.05) is 30.1 Å². The molecule has 1 amide bonds. The molecular formula is C18H15FN4O2. The van der Waals surface area contributed by atoms with Crippen molar-refractivity contribution in [2.75, 3.05) is 19.0 Å². The Bertz CT molecular complexity index is 984. The molecule has 0 bridgehead atoms. The number of aromatic nitrogens is 3. The average molecular weight is 338 g/mol. The van der Waals surface area contributed by atoms with Gasteiger partial charge in [-0.05, 0) is 31.2 Å². The molecular weight excluding hydrogens is 323 g/mol. The molecule has 0 atom stereocenters. The van der Waals surface area contributed by atoms with Gasteiger partial charge in [0.25, 0.3) is 5.91 Å². The fourth-order valence-electron chi connectivity index (χ4n) is 2.24. The highest BCUT2D eigenvalue weighted by molar-refractivity contribution is 6.06. The van der Waals surface area contributed by atoms with Gasteiger partial charge in [0.05, 0.1) is 0 Å². The monoisotopic (exact) mass is 338 g/mol. The molecule has 0 fully saturated rings. The molecule has 0 aliphatic rings. The third-order valence-electron chi connectivity index (χ3n) is 3.39. The van der Waals surface area contributed by atoms with Crippen LogP contribution >= 0.6 is 0 Å². The summed E-state index contributed by atoms with van der Waals surface area (Å²) in [5.41, 5.74) is 2.10. The van der Waals surface area contributed by atoms with E-state index in [2.05, 4.69) is 27.1 Å². The largest absolute Gasteiger partial charge is 0.372 e. The summed E-state index contributed by atoms with van der Waals surface area (Å²) in [6.07, 6.45) is 1.24. The Morgan fingerprint density at radius 2 is 2.12 bits per heavy atom. The Balaban J connectivity index is 1.80. The zero-order chi connectivity index (χ0) is 17.8. The molecule has 0 aliphatic carbocycles. The lowest BCUT2D eigenvalue weighted by molar-refractivity contribution is 0.102. The summed E-state index contributed by atoms with van der Waals surface area (Å²) >= 11 is 0. The molecule has 7 heteroatoms. The van der Waals surface area contributed by atoms with E-state index in [0.717, 1.165) is 9.96 Å². The lowest BCUT2D eigenvalue weighted by Gasteiger charge is -2.04. The van der Waals surface area contributed by atoms with Crippen molar-refractivity contribution in [1.29, 1.82) is 0 Å². The van der Waals surface area contributed by atoms with Gasteiger partial charge in [-0.2, -0.15) is 4.39 Å². The normalized spacial score (nSPS) is 10.4. The number of imidazole rings is 1. The van der Waals surface area contributed by atoms with Crippen LogP contribution in [0.25, 0.3) is 5.65 Å². The predicted octanol–water partition coefficient (Wildman–Crippen LogP) is 2.43. The lowest BCUT2D eigenvalue weighted by atomic mass is 10.2. The molecule has 0 spiro atoms. The molecule has 0 saturated carbocycles. The van der Waals surface area contributed by atoms with Gasteiger partial charge in [-0.15, -0.1) is 0 Å². The quantitative estimate of drug-likeness (QED) is 0.588. The minimum absolute atomic E-state index is 0.0616. The van der Waals surface area contributed by atoms with Crippen LogP contribution in [0.5, 0.6) is 0 Å². The second kappa shape index (κ2) is 7.11. The Labute approximate surface area is 143 Å². The molecule has 6 nitrogen and oxygen atoms in total. The number of nitrogens with one attached hydrogen (secondary N) is 1. The maximum atomic E-state index is 13.9. The summed E-state index contributed by atoms with van der Waals surface area (Å²) in [5, 5.41) is 2.72. The number of ether oxygens (including phenoxy) is 1. The molecule has 1 aromatic carbocycles. The van der Waals surface area contributed by atoms with Gasteiger partial charge in [0.2, 0.25) is 5.95 Å². The maximum Gasteiger partial charge on any atom is 0.278 e. The van der Waals surface area contributed by atoms with Gasteiger partial charge in [-0.25, -0.2) is 9.97 Å². The fraction of sp³-hybridized carbons (Fsp3) is 0.167. The number of halogens is 1. The highest BCUT2D eigenvalue weighted by atomic mass is 19.1. The summed E-state index contributed by atoms with van der Waals surface area (Å²) in [6, 6.07) is 8.30. The van der Waals surface area contributed by atoms with Gasteiger partial charge < -0.3 is 10.1 Å². The van der Waals surface area contributed by atoms with Crippen LogP contribution in [-0.4, -0.2) is 34.0 Å². The van der Waals surface area contributed by atoms with Crippen LogP contribution < -0.4 is 5.32 Å². The third-order valence-corrected chi connectivity index (χ3v) is 3.39. The van der Waals surface area contributed by atoms with Crippen molar-refractivity contribution in [3.05, 3.63) is 59.6 Å². The topological polar surface area (TPSA) is 68.5 Å². The number of amides is 1. The van der Waals surface area contributed by atoms with E-state index in [4.69, 9.17) is 4.74 Å². The van der Waals surface area contributed by atoms with Crippen molar-refractivity contribution < 1.29 is 13.9 Å². The van der Waals surface area contributed by atoms with Gasteiger partial charge >= 0.3 is 0 Å². The van der Waals surface area contributed by atoms with E-state index in [1.807, 2.05) is 0 Å². The van der Waals surface area contributed by atoms with Crippen molar-refractivity contribution in [2.45, 2.75) is 6.92 Å². The van der Waals surface area contributed by atoms with Gasteiger partial charge in [-0.3, -0.25) is 9.20 Å². The van der Waals surface area contributed by atoms with Crippen molar-refractivity contribution in [1.82, 2.24) is 14.4 Å². The number of anilines is 1. The first-order chi connectivity index (χ1) is 12.1. The van der Waals surface area contributed by atoms with E-state index in [-0.39, 0.29) is 11.3 Å². The van der Waals surface area contributed by atoms with Crippen LogP contribution in [0, 0.1) is 24.7 Å². The van der Waals surface area contributed by atoms with Crippen molar-refractivity contribution in [3.8, 4) is 11.8 Å². The minimum atomic E-state index is -0.520. The van der Waals surface area contributed by atoms with E-state index >= 15 is 0 Å². The third kappa shape index (κ3) is 3.65. The van der Waals surface area contributed by atoms with Gasteiger partial charge in [0.15, 0.2) is 11.3 Å². The van der Waals surface area contributed by atoms with Crippen LogP contribution in [0.3, 0.4) is 0 Å². The molecule has 0 radical (unpaired) electrons. The molecule has 2 heterocycles. The van der Waals surface area contributed by atoms with E-state index in [9.17, 15) is 9.18 Å². The molecule has 2 aromatic heterocycles. The molecule has 1 N–H and O–H groups in total. The van der Waals surface area contributed by atoms with E-state index in [1.54, 1.807) is 38.3 Å². The van der Waals surface area contributed by atoms with Crippen LogP contribution in [-0.2, 0) is 4.74 Å². The number of carbonyl (C=O) groups excluding carboxylic acids is 1. The highest BCUT2D eigenvalue weighted by Gasteiger charge is 2.17. The lowest BCUT2D eigenvalue weighted by Crippen LogP contribution is -2.13. The molecule has 3 rings (SSSR count). The Morgan fingerprint density at radius 1 is 1.36 bits per heavy atom. The number of aryl methyl sites for hydroxylation is 1. The molecule has 0 aliphatic heterocycles. The summed E-state index contributed by atoms with van der Waals surface area (Å²) in [6.45, 7) is 2.01. The van der Waals surface area contributed by atoms with Crippen molar-refractivity contribution in [2.24, 2.45) is 0 Å². The first kappa shape index (κ1) is 16.6. The first-order valence-corrected chi connectivity index (χ1v) is 7.48. The minimum Gasteiger partial charge on any atom is -0.372 e. The molecule has 25 heavy (non-hydrogen) atoms. The molecule has 126 valence electrons. The molecule has 0 unspecified atom stereocenters. The summed E-state index contributed by atoms with van der Waals surface area (Å²) in [5.74, 6) is 4.80. The summed E-state index contributed by atoms with van der Waals surface area (Å²) in [7, 11) is 1.58. The second-order valence-corrected chi connectivity index (χ2v) is 5.27. The van der Waals surface area contributed by atoms with E-state index < -0.39 is 11.9 Å². The van der Waals surface area contributed by atoms with Crippen molar-refractivity contribution >= 4 is 17.2 Å². The van der Waals surface area contributed by atoms with Crippen molar-refractivity contribution in [3.63, 3.8) is 0 Å². The standard InChI is InChI=1S/C18H15FN4O2/c1-12-10-15(19)23-11-20-16(17(23)21-12)18(24)22-14-7-5-13(6-8-14)4-3-9-25-2/h5-8,10-11H,9H2,1-2H3,(H,22,24). The Morgan fingerprint density at radius 3 is 2.84 bits per heavy atom. The smallest absolute Gasteiger partial charge is 0.278 e. The molecule has 3 aromatic rings. The predicted molar refractivity (Wildman–Crippen MR) is 90.8 cm³/mol. The number of benzene rings is 1. The maximum absolute atomic E-state index is 13.9. The number of nitrogens with zero attached hydrogens (tertiary/aromatic N) is 3. The zero-order valence-corrected chi connectivity index (χ0v) is 13.7. The van der Waals surface area contributed by atoms with E-state index in [1.165, 1.54) is 12.4 Å². The fourth-order valence-corrected chi connectivity index (χ4v) is 2.24. The van der Waals surface area contributed by atoms with Gasteiger partial charge in [-0.1, -0.05) is 11.8 Å². The molecule has 0 saturated heterocycles. The Kier molecular flexibility index (Phi) is 4.73.